The second kappa shape index (κ2) is 6.96. The Bertz CT molecular complexity index is 677. The predicted molar refractivity (Wildman–Crippen MR) is 79.8 cm³/mol. The quantitative estimate of drug-likeness (QED) is 0.850. The summed E-state index contributed by atoms with van der Waals surface area (Å²) in [4.78, 5) is 11.1. The van der Waals surface area contributed by atoms with Crippen LogP contribution in [-0.4, -0.2) is 12.5 Å². The third-order valence-electron chi connectivity index (χ3n) is 2.89. The van der Waals surface area contributed by atoms with Crippen LogP contribution in [-0.2, 0) is 6.54 Å². The van der Waals surface area contributed by atoms with Gasteiger partial charge in [-0.2, -0.15) is 5.26 Å². The minimum Gasteiger partial charge on any atom is -0.478 e. The van der Waals surface area contributed by atoms with Gasteiger partial charge in [-0.05, 0) is 24.3 Å². The summed E-state index contributed by atoms with van der Waals surface area (Å²) in [6.07, 6.45) is 0. The number of benzene rings is 2. The zero-order chi connectivity index (χ0) is 15.1. The van der Waals surface area contributed by atoms with Gasteiger partial charge in [-0.15, -0.1) is 0 Å². The van der Waals surface area contributed by atoms with Crippen LogP contribution in [0.5, 0.6) is 5.75 Å². The Kier molecular flexibility index (Phi) is 4.78. The van der Waals surface area contributed by atoms with Crippen LogP contribution < -0.4 is 15.8 Å². The van der Waals surface area contributed by atoms with Crippen molar-refractivity contribution in [3.63, 3.8) is 0 Å². The number of ether oxygens (including phenoxy) is 1. The molecular weight excluding hydrogens is 266 g/mol. The van der Waals surface area contributed by atoms with Crippen LogP contribution in [0.3, 0.4) is 0 Å². The summed E-state index contributed by atoms with van der Waals surface area (Å²) < 4.78 is 5.36. The van der Waals surface area contributed by atoms with Crippen molar-refractivity contribution in [2.75, 3.05) is 11.9 Å². The fourth-order valence-corrected chi connectivity index (χ4v) is 1.88. The molecule has 0 aliphatic carbocycles. The molecule has 21 heavy (non-hydrogen) atoms. The fraction of sp³-hybridized carbons (Fsp3) is 0.125. The van der Waals surface area contributed by atoms with Crippen LogP contribution in [0, 0.1) is 11.3 Å². The van der Waals surface area contributed by atoms with Gasteiger partial charge in [-0.3, -0.25) is 4.79 Å². The van der Waals surface area contributed by atoms with Gasteiger partial charge in [0.15, 0.2) is 6.61 Å². The molecule has 106 valence electrons. The van der Waals surface area contributed by atoms with Crippen LogP contribution >= 0.6 is 0 Å². The van der Waals surface area contributed by atoms with Gasteiger partial charge in [0.2, 0.25) is 5.91 Å². The molecule has 0 aliphatic rings. The number of rotatable bonds is 6. The van der Waals surface area contributed by atoms with E-state index in [2.05, 4.69) is 5.32 Å². The summed E-state index contributed by atoms with van der Waals surface area (Å²) in [5.41, 5.74) is 7.43. The lowest BCUT2D eigenvalue weighted by Crippen LogP contribution is -2.11. The van der Waals surface area contributed by atoms with Gasteiger partial charge < -0.3 is 15.8 Å². The Morgan fingerprint density at radius 2 is 2.05 bits per heavy atom. The fourth-order valence-electron chi connectivity index (χ4n) is 1.88. The lowest BCUT2D eigenvalue weighted by atomic mass is 10.1. The minimum atomic E-state index is -0.462. The second-order valence-corrected chi connectivity index (χ2v) is 4.35. The van der Waals surface area contributed by atoms with E-state index < -0.39 is 5.91 Å². The highest BCUT2D eigenvalue weighted by Gasteiger charge is 2.04. The summed E-state index contributed by atoms with van der Waals surface area (Å²) in [5, 5.41) is 11.8. The highest BCUT2D eigenvalue weighted by Crippen LogP contribution is 2.20. The van der Waals surface area contributed by atoms with Gasteiger partial charge in [0.1, 0.15) is 11.8 Å². The smallest absolute Gasteiger partial charge is 0.248 e. The third kappa shape index (κ3) is 3.98. The molecule has 2 aromatic rings. The number of nitrogens with two attached hydrogens (primary N) is 1. The largest absolute Gasteiger partial charge is 0.478 e. The van der Waals surface area contributed by atoms with E-state index in [-0.39, 0.29) is 6.61 Å². The maximum atomic E-state index is 11.1. The van der Waals surface area contributed by atoms with E-state index in [1.54, 1.807) is 18.2 Å². The monoisotopic (exact) mass is 281 g/mol. The number of carbonyl (C=O) groups excluding carboxylic acids is 1. The molecule has 0 saturated carbocycles. The van der Waals surface area contributed by atoms with Crippen molar-refractivity contribution in [3.05, 3.63) is 59.7 Å². The lowest BCUT2D eigenvalue weighted by molar-refractivity contribution is 0.100. The molecule has 2 rings (SSSR count). The van der Waals surface area contributed by atoms with E-state index in [0.29, 0.717) is 17.9 Å². The first-order valence-electron chi connectivity index (χ1n) is 6.42. The summed E-state index contributed by atoms with van der Waals surface area (Å²) in [6.45, 7) is 0.526. The molecule has 0 heterocycles. The molecule has 0 bridgehead atoms. The molecule has 0 atom stereocenters. The van der Waals surface area contributed by atoms with Gasteiger partial charge >= 0.3 is 0 Å². The van der Waals surface area contributed by atoms with Crippen molar-refractivity contribution in [2.45, 2.75) is 6.54 Å². The number of carbonyl (C=O) groups is 1. The van der Waals surface area contributed by atoms with Crippen molar-refractivity contribution in [3.8, 4) is 11.8 Å². The number of hydrogen-bond donors (Lipinski definition) is 2. The lowest BCUT2D eigenvalue weighted by Gasteiger charge is -2.11. The van der Waals surface area contributed by atoms with Gasteiger partial charge in [-0.25, -0.2) is 0 Å². The number of amides is 1. The van der Waals surface area contributed by atoms with E-state index in [1.165, 1.54) is 0 Å². The van der Waals surface area contributed by atoms with Crippen LogP contribution in [0.4, 0.5) is 5.69 Å². The SMILES string of the molecule is N#CCOc1ccccc1CNc1cccc(C(N)=O)c1. The maximum Gasteiger partial charge on any atom is 0.248 e. The molecule has 0 aliphatic heterocycles. The molecule has 0 fully saturated rings. The van der Waals surface area contributed by atoms with Gasteiger partial charge in [0, 0.05) is 23.4 Å². The molecule has 0 saturated heterocycles. The van der Waals surface area contributed by atoms with Crippen LogP contribution in [0.25, 0.3) is 0 Å². The second-order valence-electron chi connectivity index (χ2n) is 4.35. The molecule has 5 heteroatoms. The van der Waals surface area contributed by atoms with Crippen LogP contribution in [0.2, 0.25) is 0 Å². The number of nitrogens with one attached hydrogen (secondary N) is 1. The Morgan fingerprint density at radius 1 is 1.24 bits per heavy atom. The molecule has 1 amide bonds. The Morgan fingerprint density at radius 3 is 2.81 bits per heavy atom. The van der Waals surface area contributed by atoms with Gasteiger partial charge in [0.05, 0.1) is 0 Å². The van der Waals surface area contributed by atoms with Crippen molar-refractivity contribution >= 4 is 11.6 Å². The molecule has 0 unspecified atom stereocenters. The molecule has 2 aromatic carbocycles. The summed E-state index contributed by atoms with van der Waals surface area (Å²) in [6, 6.07) is 16.4. The first-order chi connectivity index (χ1) is 10.2. The molecule has 0 spiro atoms. The summed E-state index contributed by atoms with van der Waals surface area (Å²) in [7, 11) is 0. The maximum absolute atomic E-state index is 11.1. The first-order valence-corrected chi connectivity index (χ1v) is 6.42. The van der Waals surface area contributed by atoms with Gasteiger partial charge in [-0.1, -0.05) is 24.3 Å². The number of para-hydroxylation sites is 1. The number of anilines is 1. The normalized spacial score (nSPS) is 9.67. The van der Waals surface area contributed by atoms with Crippen LogP contribution in [0.15, 0.2) is 48.5 Å². The highest BCUT2D eigenvalue weighted by molar-refractivity contribution is 5.93. The topological polar surface area (TPSA) is 88.1 Å². The first kappa shape index (κ1) is 14.4. The number of nitrogens with zero attached hydrogens (tertiary/aromatic N) is 1. The van der Waals surface area contributed by atoms with E-state index in [9.17, 15) is 4.79 Å². The standard InChI is InChI=1S/C16H15N3O2/c17-8-9-21-15-7-2-1-4-13(15)11-19-14-6-3-5-12(10-14)16(18)20/h1-7,10,19H,9,11H2,(H2,18,20). The summed E-state index contributed by atoms with van der Waals surface area (Å²) in [5.74, 6) is 0.203. The highest BCUT2D eigenvalue weighted by atomic mass is 16.5. The van der Waals surface area contributed by atoms with Crippen molar-refractivity contribution < 1.29 is 9.53 Å². The van der Waals surface area contributed by atoms with E-state index in [4.69, 9.17) is 15.7 Å². The average molecular weight is 281 g/mol. The molecule has 0 radical (unpaired) electrons. The van der Waals surface area contributed by atoms with E-state index in [0.717, 1.165) is 11.3 Å². The van der Waals surface area contributed by atoms with E-state index >= 15 is 0 Å². The van der Waals surface area contributed by atoms with Gasteiger partial charge in [0.25, 0.3) is 0 Å². The molecule has 0 aromatic heterocycles. The van der Waals surface area contributed by atoms with Crippen molar-refractivity contribution in [1.29, 1.82) is 5.26 Å². The molecule has 3 N–H and O–H groups in total. The predicted octanol–water partition coefficient (Wildman–Crippen LogP) is 2.30. The van der Waals surface area contributed by atoms with Crippen LogP contribution in [0.1, 0.15) is 15.9 Å². The van der Waals surface area contributed by atoms with E-state index in [1.807, 2.05) is 36.4 Å². The average Bonchev–Trinajstić information content (AvgIpc) is 2.52. The van der Waals surface area contributed by atoms with Crippen molar-refractivity contribution in [2.24, 2.45) is 5.73 Å². The summed E-state index contributed by atoms with van der Waals surface area (Å²) >= 11 is 0. The minimum absolute atomic E-state index is 0.00811. The number of nitriles is 1. The zero-order valence-electron chi connectivity index (χ0n) is 11.4. The third-order valence-corrected chi connectivity index (χ3v) is 2.89. The number of hydrogen-bond acceptors (Lipinski definition) is 4. The Labute approximate surface area is 123 Å². The van der Waals surface area contributed by atoms with Crippen molar-refractivity contribution in [1.82, 2.24) is 0 Å². The Hall–Kier alpha value is -3.00. The molecular formula is C16H15N3O2. The Balaban J connectivity index is 2.08. The molecule has 5 nitrogen and oxygen atoms in total. The number of primary amides is 1. The zero-order valence-corrected chi connectivity index (χ0v) is 11.4.